The van der Waals surface area contributed by atoms with Crippen molar-refractivity contribution in [3.63, 3.8) is 0 Å². The maximum Gasteiger partial charge on any atom is 0.134 e. The molecule has 1 heterocycles. The lowest BCUT2D eigenvalue weighted by molar-refractivity contribution is -0.116. The Bertz CT molecular complexity index is 413. The second kappa shape index (κ2) is 4.65. The van der Waals surface area contributed by atoms with E-state index < -0.39 is 8.07 Å². The molecule has 0 aliphatic heterocycles. The summed E-state index contributed by atoms with van der Waals surface area (Å²) in [6.45, 7) is 7.96. The molecule has 0 saturated carbocycles. The van der Waals surface area contributed by atoms with Crippen molar-refractivity contribution in [3.8, 4) is 0 Å². The van der Waals surface area contributed by atoms with Crippen molar-refractivity contribution in [1.82, 2.24) is 4.98 Å². The van der Waals surface area contributed by atoms with Gasteiger partial charge in [-0.25, -0.2) is 0 Å². The molecule has 0 spiro atoms. The Morgan fingerprint density at radius 1 is 1.38 bits per heavy atom. The van der Waals surface area contributed by atoms with Gasteiger partial charge in [0.05, 0.1) is 14.3 Å². The molecule has 0 N–H and O–H groups in total. The molecule has 0 fully saturated rings. The third-order valence-corrected chi connectivity index (χ3v) is 4.93. The van der Waals surface area contributed by atoms with Crippen LogP contribution in [0.5, 0.6) is 0 Å². The van der Waals surface area contributed by atoms with Gasteiger partial charge >= 0.3 is 0 Å². The Morgan fingerprint density at radius 3 is 2.44 bits per heavy atom. The van der Waals surface area contributed by atoms with Crippen LogP contribution in [-0.4, -0.2) is 18.8 Å². The highest BCUT2D eigenvalue weighted by Crippen LogP contribution is 2.29. The van der Waals surface area contributed by atoms with Gasteiger partial charge in [-0.1, -0.05) is 19.6 Å². The average molecular weight is 236 g/mol. The molecule has 0 radical (unpaired) electrons. The Balaban J connectivity index is 3.21. The van der Waals surface area contributed by atoms with E-state index in [4.69, 9.17) is 0 Å². The van der Waals surface area contributed by atoms with Gasteiger partial charge in [-0.15, -0.1) is 4.91 Å². The molecular weight excluding hydrogens is 220 g/mol. The van der Waals surface area contributed by atoms with Crippen molar-refractivity contribution in [1.29, 1.82) is 0 Å². The third-order valence-electron chi connectivity index (χ3n) is 2.46. The Kier molecular flexibility index (Phi) is 3.69. The van der Waals surface area contributed by atoms with Gasteiger partial charge in [-0.3, -0.25) is 9.78 Å². The van der Waals surface area contributed by atoms with E-state index in [0.29, 0.717) is 0 Å². The summed E-state index contributed by atoms with van der Waals surface area (Å²) in [6.07, 6.45) is 3.05. The first-order valence-corrected chi connectivity index (χ1v) is 8.72. The van der Waals surface area contributed by atoms with Crippen LogP contribution in [0.2, 0.25) is 19.6 Å². The predicted octanol–water partition coefficient (Wildman–Crippen LogP) is 3.03. The molecule has 5 heteroatoms. The molecule has 1 aromatic rings. The van der Waals surface area contributed by atoms with Crippen molar-refractivity contribution >= 4 is 19.5 Å². The second-order valence-electron chi connectivity index (χ2n) is 4.98. The lowest BCUT2D eigenvalue weighted by atomic mass is 10.1. The molecule has 1 aromatic heterocycles. The lowest BCUT2D eigenvalue weighted by Crippen LogP contribution is -2.35. The number of rotatable bonds is 4. The molecule has 4 nitrogen and oxygen atoms in total. The van der Waals surface area contributed by atoms with Crippen molar-refractivity contribution in [3.05, 3.63) is 28.9 Å². The predicted molar refractivity (Wildman–Crippen MR) is 66.5 cm³/mol. The fourth-order valence-electron chi connectivity index (χ4n) is 2.00. The summed E-state index contributed by atoms with van der Waals surface area (Å²) in [7, 11) is -1.66. The Morgan fingerprint density at radius 2 is 2.00 bits per heavy atom. The van der Waals surface area contributed by atoms with Gasteiger partial charge in [-0.05, 0) is 23.7 Å². The monoisotopic (exact) mass is 236 g/mol. The number of ketones is 1. The average Bonchev–Trinajstić information content (AvgIpc) is 2.15. The first-order chi connectivity index (χ1) is 7.36. The summed E-state index contributed by atoms with van der Waals surface area (Å²) in [5.41, 5.74) is 0.965. The highest BCUT2D eigenvalue weighted by molar-refractivity contribution is 6.80. The van der Waals surface area contributed by atoms with Crippen LogP contribution >= 0.6 is 0 Å². The zero-order chi connectivity index (χ0) is 12.3. The third kappa shape index (κ3) is 2.82. The Hall–Kier alpha value is -1.36. The molecule has 0 aliphatic rings. The standard InChI is InChI=1S/C11H16N2O2Si/c1-8(14)11(16(2,3)4)9-5-10(13-15)7-12-6-9/h5-7,11H,1-4H3. The summed E-state index contributed by atoms with van der Waals surface area (Å²) in [4.78, 5) is 26.1. The number of hydrogen-bond acceptors (Lipinski definition) is 4. The maximum atomic E-state index is 11.7. The molecular formula is C11H16N2O2Si. The quantitative estimate of drug-likeness (QED) is 0.596. The highest BCUT2D eigenvalue weighted by atomic mass is 28.3. The van der Waals surface area contributed by atoms with Gasteiger partial charge in [0, 0.05) is 11.7 Å². The van der Waals surface area contributed by atoms with Gasteiger partial charge in [0.25, 0.3) is 0 Å². The fraction of sp³-hybridized carbons (Fsp3) is 0.455. The zero-order valence-corrected chi connectivity index (χ0v) is 11.0. The van der Waals surface area contributed by atoms with Crippen LogP contribution < -0.4 is 0 Å². The molecule has 0 aromatic carbocycles. The minimum absolute atomic E-state index is 0.123. The van der Waals surface area contributed by atoms with Crippen LogP contribution in [0.15, 0.2) is 23.6 Å². The molecule has 1 rings (SSSR count). The van der Waals surface area contributed by atoms with Crippen LogP contribution in [0, 0.1) is 4.91 Å². The first kappa shape index (κ1) is 12.7. The van der Waals surface area contributed by atoms with Crippen molar-refractivity contribution in [2.75, 3.05) is 0 Å². The Labute approximate surface area is 96.1 Å². The second-order valence-corrected chi connectivity index (χ2v) is 10.3. The van der Waals surface area contributed by atoms with Gasteiger partial charge in [0.15, 0.2) is 0 Å². The van der Waals surface area contributed by atoms with E-state index in [1.807, 2.05) is 0 Å². The van der Waals surface area contributed by atoms with E-state index in [0.717, 1.165) is 5.56 Å². The number of pyridine rings is 1. The van der Waals surface area contributed by atoms with Crippen LogP contribution in [0.25, 0.3) is 0 Å². The number of nitroso groups, excluding NO2 is 1. The number of hydrogen-bond donors (Lipinski definition) is 0. The number of aromatic nitrogens is 1. The van der Waals surface area contributed by atoms with Gasteiger partial charge in [0.1, 0.15) is 11.5 Å². The minimum Gasteiger partial charge on any atom is -0.300 e. The van der Waals surface area contributed by atoms with Crippen LogP contribution in [0.4, 0.5) is 5.69 Å². The molecule has 0 bridgehead atoms. The summed E-state index contributed by atoms with van der Waals surface area (Å²) in [5, 5.41) is 2.85. The van der Waals surface area contributed by atoms with Crippen LogP contribution in [0.1, 0.15) is 18.0 Å². The molecule has 1 unspecified atom stereocenters. The summed E-state index contributed by atoms with van der Waals surface area (Å²) >= 11 is 0. The fourth-order valence-corrected chi connectivity index (χ4v) is 4.37. The van der Waals surface area contributed by atoms with E-state index in [1.165, 1.54) is 6.20 Å². The van der Waals surface area contributed by atoms with E-state index >= 15 is 0 Å². The highest BCUT2D eigenvalue weighted by Gasteiger charge is 2.32. The van der Waals surface area contributed by atoms with E-state index in [-0.39, 0.29) is 17.0 Å². The summed E-state index contributed by atoms with van der Waals surface area (Å²) < 4.78 is 0. The van der Waals surface area contributed by atoms with Gasteiger partial charge < -0.3 is 0 Å². The van der Waals surface area contributed by atoms with Crippen LogP contribution in [0.3, 0.4) is 0 Å². The van der Waals surface area contributed by atoms with E-state index in [2.05, 4.69) is 29.8 Å². The zero-order valence-electron chi connectivity index (χ0n) is 10.0. The van der Waals surface area contributed by atoms with Crippen LogP contribution in [-0.2, 0) is 4.79 Å². The van der Waals surface area contributed by atoms with E-state index in [9.17, 15) is 9.70 Å². The van der Waals surface area contributed by atoms with Crippen molar-refractivity contribution in [2.24, 2.45) is 5.18 Å². The minimum atomic E-state index is -1.66. The van der Waals surface area contributed by atoms with E-state index in [1.54, 1.807) is 19.2 Å². The SMILES string of the molecule is CC(=O)C(c1cncc(N=O)c1)[Si](C)(C)C. The molecule has 0 saturated heterocycles. The summed E-state index contributed by atoms with van der Waals surface area (Å²) in [5.74, 6) is 0.129. The molecule has 16 heavy (non-hydrogen) atoms. The maximum absolute atomic E-state index is 11.7. The molecule has 1 atom stereocenters. The topological polar surface area (TPSA) is 59.4 Å². The lowest BCUT2D eigenvalue weighted by Gasteiger charge is -2.26. The number of nitrogens with zero attached hydrogens (tertiary/aromatic N) is 2. The number of Topliss-reactive ketones (excluding diaryl/α,β-unsaturated/α-hetero) is 1. The molecule has 86 valence electrons. The van der Waals surface area contributed by atoms with Crippen molar-refractivity contribution < 1.29 is 4.79 Å². The number of carbonyl (C=O) groups is 1. The normalized spacial score (nSPS) is 13.2. The van der Waals surface area contributed by atoms with Crippen molar-refractivity contribution in [2.45, 2.75) is 32.1 Å². The largest absolute Gasteiger partial charge is 0.300 e. The smallest absolute Gasteiger partial charge is 0.134 e. The first-order valence-electron chi connectivity index (χ1n) is 5.15. The number of carbonyl (C=O) groups excluding carboxylic acids is 1. The van der Waals surface area contributed by atoms with Gasteiger partial charge in [0.2, 0.25) is 0 Å². The summed E-state index contributed by atoms with van der Waals surface area (Å²) in [6, 6.07) is 1.66. The van der Waals surface area contributed by atoms with Gasteiger partial charge in [-0.2, -0.15) is 0 Å². The molecule has 0 aliphatic carbocycles. The molecule has 0 amide bonds.